The van der Waals surface area contributed by atoms with Gasteiger partial charge in [0.1, 0.15) is 0 Å². The third-order valence-electron chi connectivity index (χ3n) is 5.06. The van der Waals surface area contributed by atoms with Gasteiger partial charge in [0.15, 0.2) is 0 Å². The van der Waals surface area contributed by atoms with E-state index in [1.807, 2.05) is 24.7 Å². The molecule has 1 aliphatic heterocycles. The third kappa shape index (κ3) is 4.09. The smallest absolute Gasteiger partial charge is 0.0706 e. The van der Waals surface area contributed by atoms with Crippen molar-refractivity contribution in [3.05, 3.63) is 72.3 Å². The Morgan fingerprint density at radius 3 is 2.81 bits per heavy atom. The first-order chi connectivity index (χ1) is 12.8. The maximum atomic E-state index is 6.33. The van der Waals surface area contributed by atoms with E-state index in [0.29, 0.717) is 6.10 Å². The van der Waals surface area contributed by atoms with Crippen LogP contribution in [0.3, 0.4) is 0 Å². The number of aromatic nitrogens is 2. The molecule has 0 unspecified atom stereocenters. The number of ether oxygens (including phenoxy) is 1. The van der Waals surface area contributed by atoms with Crippen molar-refractivity contribution in [2.24, 2.45) is 0 Å². The van der Waals surface area contributed by atoms with E-state index >= 15 is 0 Å². The van der Waals surface area contributed by atoms with Gasteiger partial charge in [-0.05, 0) is 43.0 Å². The second-order valence-electron chi connectivity index (χ2n) is 7.20. The number of likely N-dealkylation sites (N-methyl/N-ethyl adjacent to an activating group) is 1. The Bertz CT molecular complexity index is 847. The minimum atomic E-state index is 0.269. The molecule has 0 bridgehead atoms. The summed E-state index contributed by atoms with van der Waals surface area (Å²) in [6, 6.07) is 14.6. The third-order valence-corrected chi connectivity index (χ3v) is 5.06. The molecule has 4 heteroatoms. The molecule has 3 aromatic rings. The summed E-state index contributed by atoms with van der Waals surface area (Å²) < 4.78 is 6.33. The normalized spacial score (nSPS) is 20.1. The van der Waals surface area contributed by atoms with Crippen LogP contribution in [0.15, 0.2) is 61.1 Å². The van der Waals surface area contributed by atoms with E-state index in [-0.39, 0.29) is 6.10 Å². The van der Waals surface area contributed by atoms with Crippen molar-refractivity contribution in [3.8, 4) is 0 Å². The first-order valence-corrected chi connectivity index (χ1v) is 9.33. The van der Waals surface area contributed by atoms with Crippen LogP contribution in [-0.4, -0.2) is 40.7 Å². The first kappa shape index (κ1) is 17.1. The first-order valence-electron chi connectivity index (χ1n) is 9.33. The zero-order valence-electron chi connectivity index (χ0n) is 15.2. The van der Waals surface area contributed by atoms with Crippen molar-refractivity contribution >= 4 is 10.8 Å². The molecule has 4 rings (SSSR count). The second kappa shape index (κ2) is 7.94. The van der Waals surface area contributed by atoms with Gasteiger partial charge in [0, 0.05) is 43.5 Å². The van der Waals surface area contributed by atoms with E-state index in [9.17, 15) is 0 Å². The summed E-state index contributed by atoms with van der Waals surface area (Å²) in [6.07, 6.45) is 9.34. The quantitative estimate of drug-likeness (QED) is 0.679. The van der Waals surface area contributed by atoms with Crippen LogP contribution < -0.4 is 0 Å². The van der Waals surface area contributed by atoms with Gasteiger partial charge in [-0.1, -0.05) is 30.3 Å². The number of nitrogens with zero attached hydrogens (tertiary/aromatic N) is 3. The molecule has 1 aliphatic rings. The highest BCUT2D eigenvalue weighted by Crippen LogP contribution is 2.26. The molecule has 0 saturated carbocycles. The Balaban J connectivity index is 1.33. The molecular weight excluding hydrogens is 322 g/mol. The molecule has 4 nitrogen and oxygen atoms in total. The number of benzene rings is 1. The van der Waals surface area contributed by atoms with Gasteiger partial charge in [-0.15, -0.1) is 0 Å². The molecule has 2 atom stereocenters. The van der Waals surface area contributed by atoms with Crippen molar-refractivity contribution in [3.63, 3.8) is 0 Å². The monoisotopic (exact) mass is 347 g/mol. The summed E-state index contributed by atoms with van der Waals surface area (Å²) in [6.45, 7) is 1.86. The van der Waals surface area contributed by atoms with Crippen LogP contribution in [0, 0.1) is 0 Å². The van der Waals surface area contributed by atoms with Gasteiger partial charge < -0.3 is 4.74 Å². The van der Waals surface area contributed by atoms with Gasteiger partial charge in [-0.2, -0.15) is 0 Å². The van der Waals surface area contributed by atoms with Gasteiger partial charge in [-0.3, -0.25) is 14.9 Å². The van der Waals surface area contributed by atoms with Crippen LogP contribution in [0.2, 0.25) is 0 Å². The fourth-order valence-electron chi connectivity index (χ4n) is 3.84. The fourth-order valence-corrected chi connectivity index (χ4v) is 3.84. The lowest BCUT2D eigenvalue weighted by Gasteiger charge is -2.21. The zero-order valence-corrected chi connectivity index (χ0v) is 15.2. The molecule has 0 spiro atoms. The lowest BCUT2D eigenvalue weighted by atomic mass is 10.0. The van der Waals surface area contributed by atoms with Gasteiger partial charge in [0.25, 0.3) is 0 Å². The van der Waals surface area contributed by atoms with Crippen molar-refractivity contribution in [2.45, 2.75) is 38.0 Å². The highest BCUT2D eigenvalue weighted by Gasteiger charge is 2.27. The minimum Gasteiger partial charge on any atom is -0.373 e. The predicted octanol–water partition coefficient (Wildman–Crippen LogP) is 3.85. The summed E-state index contributed by atoms with van der Waals surface area (Å²) in [5.74, 6) is 0. The Morgan fingerprint density at radius 1 is 1.04 bits per heavy atom. The van der Waals surface area contributed by atoms with Gasteiger partial charge >= 0.3 is 0 Å². The Kier molecular flexibility index (Phi) is 5.23. The van der Waals surface area contributed by atoms with Crippen molar-refractivity contribution < 1.29 is 4.74 Å². The molecule has 0 amide bonds. The Labute approximate surface area is 154 Å². The summed E-state index contributed by atoms with van der Waals surface area (Å²) in [5, 5.41) is 2.50. The SMILES string of the molecule is CN(Cc1cccnc1)C[C@H]1CC[C@@H](Cc2nccc3ccccc23)O1. The number of hydrogen-bond donors (Lipinski definition) is 0. The van der Waals surface area contributed by atoms with Crippen molar-refractivity contribution in [1.29, 1.82) is 0 Å². The average molecular weight is 347 g/mol. The average Bonchev–Trinajstić information content (AvgIpc) is 3.09. The van der Waals surface area contributed by atoms with E-state index in [2.05, 4.69) is 58.3 Å². The molecule has 26 heavy (non-hydrogen) atoms. The largest absolute Gasteiger partial charge is 0.373 e. The van der Waals surface area contributed by atoms with Crippen LogP contribution in [0.5, 0.6) is 0 Å². The minimum absolute atomic E-state index is 0.269. The molecule has 1 aromatic carbocycles. The second-order valence-corrected chi connectivity index (χ2v) is 7.20. The van der Waals surface area contributed by atoms with Crippen LogP contribution >= 0.6 is 0 Å². The Morgan fingerprint density at radius 2 is 1.92 bits per heavy atom. The van der Waals surface area contributed by atoms with Crippen molar-refractivity contribution in [2.75, 3.05) is 13.6 Å². The van der Waals surface area contributed by atoms with Gasteiger partial charge in [-0.25, -0.2) is 0 Å². The standard InChI is InChI=1S/C22H25N3O/c1-25(15-17-5-4-11-23-14-17)16-20-9-8-19(26-20)13-22-21-7-3-2-6-18(21)10-12-24-22/h2-7,10-12,14,19-20H,8-9,13,15-16H2,1H3/t19-,20+/m0/s1. The summed E-state index contributed by atoms with van der Waals surface area (Å²) in [5.41, 5.74) is 2.39. The van der Waals surface area contributed by atoms with Gasteiger partial charge in [0.2, 0.25) is 0 Å². The van der Waals surface area contributed by atoms with E-state index in [4.69, 9.17) is 4.74 Å². The molecule has 1 fully saturated rings. The van der Waals surface area contributed by atoms with E-state index in [1.54, 1.807) is 0 Å². The highest BCUT2D eigenvalue weighted by molar-refractivity contribution is 5.84. The molecule has 0 aliphatic carbocycles. The maximum absolute atomic E-state index is 6.33. The fraction of sp³-hybridized carbons (Fsp3) is 0.364. The lowest BCUT2D eigenvalue weighted by Crippen LogP contribution is -2.29. The molecule has 3 heterocycles. The topological polar surface area (TPSA) is 38.2 Å². The lowest BCUT2D eigenvalue weighted by molar-refractivity contribution is 0.0264. The Hall–Kier alpha value is -2.30. The maximum Gasteiger partial charge on any atom is 0.0706 e. The number of rotatable bonds is 6. The van der Waals surface area contributed by atoms with E-state index in [0.717, 1.165) is 38.0 Å². The van der Waals surface area contributed by atoms with E-state index in [1.165, 1.54) is 16.3 Å². The number of hydrogen-bond acceptors (Lipinski definition) is 4. The van der Waals surface area contributed by atoms with Crippen LogP contribution in [0.4, 0.5) is 0 Å². The molecular formula is C22H25N3O. The van der Waals surface area contributed by atoms with Crippen molar-refractivity contribution in [1.82, 2.24) is 14.9 Å². The number of pyridine rings is 2. The summed E-state index contributed by atoms with van der Waals surface area (Å²) in [4.78, 5) is 11.1. The molecule has 0 N–H and O–H groups in total. The summed E-state index contributed by atoms with van der Waals surface area (Å²) in [7, 11) is 2.15. The molecule has 0 radical (unpaired) electrons. The van der Waals surface area contributed by atoms with E-state index < -0.39 is 0 Å². The zero-order chi connectivity index (χ0) is 17.8. The van der Waals surface area contributed by atoms with Crippen LogP contribution in [0.25, 0.3) is 10.8 Å². The van der Waals surface area contributed by atoms with Gasteiger partial charge in [0.05, 0.1) is 17.9 Å². The summed E-state index contributed by atoms with van der Waals surface area (Å²) >= 11 is 0. The molecule has 134 valence electrons. The predicted molar refractivity (Wildman–Crippen MR) is 104 cm³/mol. The number of fused-ring (bicyclic) bond motifs is 1. The molecule has 1 saturated heterocycles. The van der Waals surface area contributed by atoms with Crippen LogP contribution in [0.1, 0.15) is 24.1 Å². The molecule has 2 aromatic heterocycles. The highest BCUT2D eigenvalue weighted by atomic mass is 16.5. The van der Waals surface area contributed by atoms with Crippen LogP contribution in [-0.2, 0) is 17.7 Å².